The van der Waals surface area contributed by atoms with Crippen molar-refractivity contribution in [1.82, 2.24) is 0 Å². The highest BCUT2D eigenvalue weighted by atomic mass is 16.5. The Balaban J connectivity index is 2.00. The van der Waals surface area contributed by atoms with Crippen LogP contribution in [0.25, 0.3) is 0 Å². The fourth-order valence-electron chi connectivity index (χ4n) is 4.55. The van der Waals surface area contributed by atoms with Crippen molar-refractivity contribution < 1.29 is 14.6 Å². The minimum atomic E-state index is -0.126. The number of ether oxygens (including phenoxy) is 1. The first-order chi connectivity index (χ1) is 16.3. The summed E-state index contributed by atoms with van der Waals surface area (Å²) in [6.45, 7) is 11.0. The van der Waals surface area contributed by atoms with Crippen molar-refractivity contribution in [3.05, 3.63) is 28.8 Å². The molecule has 0 fully saturated rings. The number of esters is 1. The molecule has 0 aromatic heterocycles. The number of benzene rings is 1. The minimum absolute atomic E-state index is 0.117. The molecule has 1 aromatic rings. The number of carbonyl (C=O) groups is 1. The first-order valence-electron chi connectivity index (χ1n) is 14.2. The van der Waals surface area contributed by atoms with Crippen molar-refractivity contribution in [1.29, 1.82) is 0 Å². The highest BCUT2D eigenvalue weighted by molar-refractivity contribution is 5.69. The third-order valence-corrected chi connectivity index (χ3v) is 6.80. The van der Waals surface area contributed by atoms with Crippen LogP contribution >= 0.6 is 0 Å². The molecular formula is C31H54O3. The molecule has 0 amide bonds. The lowest BCUT2D eigenvalue weighted by molar-refractivity contribution is -0.143. The molecule has 1 rings (SSSR count). The maximum Gasteiger partial charge on any atom is 0.306 e. The van der Waals surface area contributed by atoms with Crippen LogP contribution in [0.5, 0.6) is 5.75 Å². The Hall–Kier alpha value is -1.51. The number of carbonyl (C=O) groups excluding carboxylic acids is 1. The molecule has 3 heteroatoms. The highest BCUT2D eigenvalue weighted by Crippen LogP contribution is 2.34. The summed E-state index contributed by atoms with van der Waals surface area (Å²) in [4.78, 5) is 12.1. The van der Waals surface area contributed by atoms with Gasteiger partial charge in [-0.3, -0.25) is 4.79 Å². The lowest BCUT2D eigenvalue weighted by atomic mass is 9.83. The van der Waals surface area contributed by atoms with E-state index in [4.69, 9.17) is 4.74 Å². The van der Waals surface area contributed by atoms with Gasteiger partial charge in [-0.25, -0.2) is 0 Å². The Morgan fingerprint density at radius 1 is 0.794 bits per heavy atom. The predicted molar refractivity (Wildman–Crippen MR) is 146 cm³/mol. The second-order valence-corrected chi connectivity index (χ2v) is 11.2. The molecular weight excluding hydrogens is 420 g/mol. The lowest BCUT2D eigenvalue weighted by Crippen LogP contribution is -2.13. The Morgan fingerprint density at radius 2 is 1.26 bits per heavy atom. The van der Waals surface area contributed by atoms with Gasteiger partial charge in [0.2, 0.25) is 0 Å². The molecule has 1 N–H and O–H groups in total. The zero-order valence-corrected chi connectivity index (χ0v) is 23.1. The van der Waals surface area contributed by atoms with Crippen LogP contribution in [0.2, 0.25) is 0 Å². The van der Waals surface area contributed by atoms with E-state index in [1.165, 1.54) is 83.5 Å². The Morgan fingerprint density at radius 3 is 1.74 bits per heavy atom. The Labute approximate surface area is 211 Å². The van der Waals surface area contributed by atoms with Gasteiger partial charge in [-0.1, -0.05) is 130 Å². The van der Waals surface area contributed by atoms with Gasteiger partial charge in [0.15, 0.2) is 0 Å². The van der Waals surface area contributed by atoms with Gasteiger partial charge in [0.05, 0.1) is 6.61 Å². The summed E-state index contributed by atoms with van der Waals surface area (Å²) in [6, 6.07) is 4.01. The van der Waals surface area contributed by atoms with Crippen molar-refractivity contribution in [2.45, 2.75) is 149 Å². The quantitative estimate of drug-likeness (QED) is 0.160. The molecule has 0 aliphatic rings. The lowest BCUT2D eigenvalue weighted by Gasteiger charge is -2.22. The number of aromatic hydroxyl groups is 1. The molecule has 1 aromatic carbocycles. The topological polar surface area (TPSA) is 46.5 Å². The molecule has 0 bridgehead atoms. The first kappa shape index (κ1) is 30.5. The number of hydrogen-bond acceptors (Lipinski definition) is 3. The summed E-state index contributed by atoms with van der Waals surface area (Å²) < 4.78 is 5.44. The summed E-state index contributed by atoms with van der Waals surface area (Å²) in [5, 5.41) is 10.4. The van der Waals surface area contributed by atoms with Crippen LogP contribution in [0, 0.1) is 6.92 Å². The number of unbranched alkanes of at least 4 members (excludes halogenated alkanes) is 14. The Bertz CT molecular complexity index is 672. The van der Waals surface area contributed by atoms with Crippen LogP contribution in [0.4, 0.5) is 0 Å². The number of rotatable bonds is 19. The van der Waals surface area contributed by atoms with E-state index < -0.39 is 0 Å². The first-order valence-corrected chi connectivity index (χ1v) is 14.2. The maximum absolute atomic E-state index is 12.1. The van der Waals surface area contributed by atoms with Crippen molar-refractivity contribution >= 4 is 5.97 Å². The summed E-state index contributed by atoms with van der Waals surface area (Å²) in [7, 11) is 0. The van der Waals surface area contributed by atoms with Crippen molar-refractivity contribution in [2.24, 2.45) is 0 Å². The van der Waals surface area contributed by atoms with Gasteiger partial charge in [0.25, 0.3) is 0 Å². The van der Waals surface area contributed by atoms with Gasteiger partial charge >= 0.3 is 5.97 Å². The van der Waals surface area contributed by atoms with E-state index in [0.717, 1.165) is 29.5 Å². The van der Waals surface area contributed by atoms with Crippen molar-refractivity contribution in [2.75, 3.05) is 6.61 Å². The zero-order valence-electron chi connectivity index (χ0n) is 23.1. The second-order valence-electron chi connectivity index (χ2n) is 11.2. The summed E-state index contributed by atoms with van der Waals surface area (Å²) in [5.41, 5.74) is 2.77. The number of phenolic OH excluding ortho intramolecular Hbond substituents is 1. The standard InChI is InChI=1S/C31H54O3/c1-6-7-8-9-10-11-12-13-14-15-16-17-18-19-20-23-34-29(32)22-21-27-24-26(2)30(33)28(25-27)31(3,4)5/h24-25,33H,6-23H2,1-5H3. The van der Waals surface area contributed by atoms with Crippen molar-refractivity contribution in [3.8, 4) is 5.75 Å². The fourth-order valence-corrected chi connectivity index (χ4v) is 4.55. The molecule has 0 heterocycles. The maximum atomic E-state index is 12.1. The highest BCUT2D eigenvalue weighted by Gasteiger charge is 2.20. The van der Waals surface area contributed by atoms with Gasteiger partial charge in [-0.05, 0) is 41.9 Å². The van der Waals surface area contributed by atoms with E-state index in [-0.39, 0.29) is 11.4 Å². The average Bonchev–Trinajstić information content (AvgIpc) is 2.78. The van der Waals surface area contributed by atoms with Gasteiger partial charge in [-0.2, -0.15) is 0 Å². The van der Waals surface area contributed by atoms with E-state index in [9.17, 15) is 9.90 Å². The summed E-state index contributed by atoms with van der Waals surface area (Å²) >= 11 is 0. The van der Waals surface area contributed by atoms with Gasteiger partial charge < -0.3 is 9.84 Å². The number of phenols is 1. The third-order valence-electron chi connectivity index (χ3n) is 6.80. The van der Waals surface area contributed by atoms with E-state index in [1.54, 1.807) is 0 Å². The van der Waals surface area contributed by atoms with E-state index >= 15 is 0 Å². The molecule has 0 atom stereocenters. The molecule has 0 aliphatic heterocycles. The van der Waals surface area contributed by atoms with Crippen LogP contribution in [-0.2, 0) is 21.4 Å². The molecule has 0 saturated heterocycles. The third kappa shape index (κ3) is 14.0. The van der Waals surface area contributed by atoms with Crippen LogP contribution in [-0.4, -0.2) is 17.7 Å². The SMILES string of the molecule is CCCCCCCCCCCCCCCCCOC(=O)CCc1cc(C)c(O)c(C(C)(C)C)c1. The molecule has 34 heavy (non-hydrogen) atoms. The molecule has 0 aliphatic carbocycles. The molecule has 3 nitrogen and oxygen atoms in total. The van der Waals surface area contributed by atoms with Crippen LogP contribution in [0.1, 0.15) is 147 Å². The normalized spacial score (nSPS) is 11.7. The van der Waals surface area contributed by atoms with Gasteiger partial charge in [0.1, 0.15) is 5.75 Å². The van der Waals surface area contributed by atoms with E-state index in [0.29, 0.717) is 25.2 Å². The van der Waals surface area contributed by atoms with Crippen LogP contribution in [0.3, 0.4) is 0 Å². The minimum Gasteiger partial charge on any atom is -0.507 e. The monoisotopic (exact) mass is 474 g/mol. The molecule has 0 spiro atoms. The molecule has 0 saturated carbocycles. The largest absolute Gasteiger partial charge is 0.507 e. The zero-order chi connectivity index (χ0) is 25.2. The Kier molecular flexibility index (Phi) is 16.0. The molecule has 0 unspecified atom stereocenters. The summed E-state index contributed by atoms with van der Waals surface area (Å²) in [5.74, 6) is 0.250. The molecule has 0 radical (unpaired) electrons. The number of hydrogen-bond donors (Lipinski definition) is 1. The smallest absolute Gasteiger partial charge is 0.306 e. The van der Waals surface area contributed by atoms with Crippen LogP contribution < -0.4 is 0 Å². The second kappa shape index (κ2) is 17.9. The number of aryl methyl sites for hydroxylation is 2. The summed E-state index contributed by atoms with van der Waals surface area (Å²) in [6.07, 6.45) is 21.1. The van der Waals surface area contributed by atoms with E-state index in [2.05, 4.69) is 27.7 Å². The van der Waals surface area contributed by atoms with Crippen LogP contribution in [0.15, 0.2) is 12.1 Å². The van der Waals surface area contributed by atoms with Gasteiger partial charge in [0, 0.05) is 6.42 Å². The van der Waals surface area contributed by atoms with Gasteiger partial charge in [-0.15, -0.1) is 0 Å². The van der Waals surface area contributed by atoms with E-state index in [1.807, 2.05) is 19.1 Å². The average molecular weight is 475 g/mol. The van der Waals surface area contributed by atoms with Crippen molar-refractivity contribution in [3.63, 3.8) is 0 Å². The molecule has 196 valence electrons. The fraction of sp³-hybridized carbons (Fsp3) is 0.774. The predicted octanol–water partition coefficient (Wildman–Crippen LogP) is 9.35.